The number of nitrogens with one attached hydrogen (secondary N) is 1. The molecule has 3 rings (SSSR count). The van der Waals surface area contributed by atoms with Gasteiger partial charge in [-0.05, 0) is 46.2 Å². The van der Waals surface area contributed by atoms with Crippen molar-refractivity contribution in [1.82, 2.24) is 19.7 Å². The van der Waals surface area contributed by atoms with E-state index in [0.717, 1.165) is 17.9 Å². The van der Waals surface area contributed by atoms with Gasteiger partial charge in [0.05, 0.1) is 22.9 Å². The Hall–Kier alpha value is -1.95. The highest BCUT2D eigenvalue weighted by Gasteiger charge is 2.46. The molecule has 0 bridgehead atoms. The average molecular weight is 287 g/mol. The number of hydrogen-bond donors (Lipinski definition) is 1. The van der Waals surface area contributed by atoms with Gasteiger partial charge in [0.1, 0.15) is 12.7 Å². The number of hydrogen-bond acceptors (Lipinski definition) is 5. The molecule has 6 heteroatoms. The predicted molar refractivity (Wildman–Crippen MR) is 80.4 cm³/mol. The monoisotopic (exact) mass is 287 g/mol. The van der Waals surface area contributed by atoms with Crippen LogP contribution in [0.5, 0.6) is 0 Å². The summed E-state index contributed by atoms with van der Waals surface area (Å²) in [6, 6.07) is 4.13. The van der Waals surface area contributed by atoms with Crippen molar-refractivity contribution >= 4 is 5.69 Å². The minimum Gasteiger partial charge on any atom is -0.376 e. The maximum atomic E-state index is 6.13. The lowest BCUT2D eigenvalue weighted by atomic mass is 9.94. The van der Waals surface area contributed by atoms with Gasteiger partial charge >= 0.3 is 0 Å². The average Bonchev–Trinajstić information content (AvgIpc) is 2.96. The van der Waals surface area contributed by atoms with Crippen molar-refractivity contribution in [2.45, 2.75) is 51.4 Å². The molecule has 1 aliphatic heterocycles. The normalized spacial score (nSPS) is 23.1. The van der Waals surface area contributed by atoms with Gasteiger partial charge in [-0.2, -0.15) is 5.10 Å². The van der Waals surface area contributed by atoms with Gasteiger partial charge in [-0.25, -0.2) is 14.6 Å². The van der Waals surface area contributed by atoms with Gasteiger partial charge in [0.15, 0.2) is 5.82 Å². The van der Waals surface area contributed by atoms with Crippen LogP contribution in [0, 0.1) is 0 Å². The molecule has 21 heavy (non-hydrogen) atoms. The molecule has 0 aromatic carbocycles. The molecular weight excluding hydrogens is 266 g/mol. The Morgan fingerprint density at radius 1 is 1.33 bits per heavy atom. The fourth-order valence-corrected chi connectivity index (χ4v) is 2.98. The van der Waals surface area contributed by atoms with E-state index in [9.17, 15) is 0 Å². The van der Waals surface area contributed by atoms with E-state index >= 15 is 0 Å². The first-order chi connectivity index (χ1) is 9.87. The SMILES string of the molecule is CC1(C)CC(Nc2cccnc2-n2cncn2)C(C)(C)O1. The molecule has 0 spiro atoms. The molecular formula is C15H21N5O. The van der Waals surface area contributed by atoms with Crippen molar-refractivity contribution in [1.29, 1.82) is 0 Å². The summed E-state index contributed by atoms with van der Waals surface area (Å²) in [6.45, 7) is 8.48. The van der Waals surface area contributed by atoms with E-state index < -0.39 is 0 Å². The van der Waals surface area contributed by atoms with E-state index in [1.807, 2.05) is 12.1 Å². The molecule has 112 valence electrons. The van der Waals surface area contributed by atoms with E-state index in [-0.39, 0.29) is 17.2 Å². The van der Waals surface area contributed by atoms with Gasteiger partial charge < -0.3 is 10.1 Å². The Morgan fingerprint density at radius 3 is 2.76 bits per heavy atom. The van der Waals surface area contributed by atoms with Crippen molar-refractivity contribution in [2.75, 3.05) is 5.32 Å². The lowest BCUT2D eigenvalue weighted by Crippen LogP contribution is -2.38. The first kappa shape index (κ1) is 14.0. The number of pyridine rings is 1. The number of ether oxygens (including phenoxy) is 1. The van der Waals surface area contributed by atoms with Crippen LogP contribution in [0.2, 0.25) is 0 Å². The second kappa shape index (κ2) is 4.80. The van der Waals surface area contributed by atoms with Gasteiger partial charge in [-0.15, -0.1) is 0 Å². The fourth-order valence-electron chi connectivity index (χ4n) is 2.98. The van der Waals surface area contributed by atoms with Crippen LogP contribution in [0.3, 0.4) is 0 Å². The minimum absolute atomic E-state index is 0.128. The summed E-state index contributed by atoms with van der Waals surface area (Å²) >= 11 is 0. The zero-order valence-electron chi connectivity index (χ0n) is 12.9. The summed E-state index contributed by atoms with van der Waals surface area (Å²) in [6.07, 6.45) is 5.84. The van der Waals surface area contributed by atoms with E-state index in [4.69, 9.17) is 4.74 Å². The number of rotatable bonds is 3. The van der Waals surface area contributed by atoms with Crippen molar-refractivity contribution in [3.63, 3.8) is 0 Å². The summed E-state index contributed by atoms with van der Waals surface area (Å²) in [4.78, 5) is 8.39. The van der Waals surface area contributed by atoms with E-state index in [0.29, 0.717) is 0 Å². The molecule has 1 aliphatic rings. The smallest absolute Gasteiger partial charge is 0.178 e. The third-order valence-corrected chi connectivity index (χ3v) is 3.83. The third kappa shape index (κ3) is 2.76. The van der Waals surface area contributed by atoms with Crippen LogP contribution < -0.4 is 5.32 Å². The van der Waals surface area contributed by atoms with E-state index in [1.165, 1.54) is 6.33 Å². The lowest BCUT2D eigenvalue weighted by molar-refractivity contribution is -0.0662. The molecule has 2 aromatic rings. The van der Waals surface area contributed by atoms with Crippen LogP contribution in [-0.4, -0.2) is 37.0 Å². The highest BCUT2D eigenvalue weighted by molar-refractivity contribution is 5.57. The number of aromatic nitrogens is 4. The quantitative estimate of drug-likeness (QED) is 0.939. The van der Waals surface area contributed by atoms with E-state index in [2.05, 4.69) is 48.1 Å². The summed E-state index contributed by atoms with van der Waals surface area (Å²) in [5, 5.41) is 7.73. The zero-order chi connectivity index (χ0) is 15.1. The highest BCUT2D eigenvalue weighted by Crippen LogP contribution is 2.39. The molecule has 1 fully saturated rings. The highest BCUT2D eigenvalue weighted by atomic mass is 16.5. The van der Waals surface area contributed by atoms with Gasteiger partial charge in [0.2, 0.25) is 0 Å². The molecule has 1 unspecified atom stereocenters. The molecule has 6 nitrogen and oxygen atoms in total. The largest absolute Gasteiger partial charge is 0.376 e. The molecule has 0 aliphatic carbocycles. The van der Waals surface area contributed by atoms with Crippen LogP contribution in [-0.2, 0) is 4.74 Å². The number of nitrogens with zero attached hydrogens (tertiary/aromatic N) is 4. The Morgan fingerprint density at radius 2 is 2.14 bits per heavy atom. The second-order valence-corrected chi connectivity index (χ2v) is 6.58. The summed E-state index contributed by atoms with van der Waals surface area (Å²) in [5.41, 5.74) is 0.567. The van der Waals surface area contributed by atoms with Crippen LogP contribution in [0.1, 0.15) is 34.1 Å². The van der Waals surface area contributed by atoms with Crippen LogP contribution in [0.25, 0.3) is 5.82 Å². The van der Waals surface area contributed by atoms with Crippen molar-refractivity contribution in [2.24, 2.45) is 0 Å². The summed E-state index contributed by atoms with van der Waals surface area (Å²) in [5.74, 6) is 0.746. The Bertz CT molecular complexity index is 621. The summed E-state index contributed by atoms with van der Waals surface area (Å²) in [7, 11) is 0. The van der Waals surface area contributed by atoms with Crippen molar-refractivity contribution in [3.05, 3.63) is 31.0 Å². The third-order valence-electron chi connectivity index (χ3n) is 3.83. The Kier molecular flexibility index (Phi) is 3.20. The van der Waals surface area contributed by atoms with Crippen molar-refractivity contribution < 1.29 is 4.74 Å². The predicted octanol–water partition coefficient (Wildman–Crippen LogP) is 2.42. The molecule has 1 atom stereocenters. The first-order valence-electron chi connectivity index (χ1n) is 7.14. The van der Waals surface area contributed by atoms with Gasteiger partial charge in [-0.1, -0.05) is 0 Å². The lowest BCUT2D eigenvalue weighted by Gasteiger charge is -2.28. The molecule has 3 heterocycles. The number of anilines is 1. The van der Waals surface area contributed by atoms with Gasteiger partial charge in [-0.3, -0.25) is 0 Å². The van der Waals surface area contributed by atoms with Gasteiger partial charge in [0, 0.05) is 6.20 Å². The van der Waals surface area contributed by atoms with Gasteiger partial charge in [0.25, 0.3) is 0 Å². The Labute approximate surface area is 124 Å². The standard InChI is InChI=1S/C15H21N5O/c1-14(2)8-12(15(3,4)21-14)19-11-6-5-7-17-13(11)20-10-16-9-18-20/h5-7,9-10,12,19H,8H2,1-4H3. The van der Waals surface area contributed by atoms with Crippen LogP contribution >= 0.6 is 0 Å². The first-order valence-corrected chi connectivity index (χ1v) is 7.14. The van der Waals surface area contributed by atoms with E-state index in [1.54, 1.807) is 17.2 Å². The van der Waals surface area contributed by atoms with Crippen LogP contribution in [0.15, 0.2) is 31.0 Å². The van der Waals surface area contributed by atoms with Crippen LogP contribution in [0.4, 0.5) is 5.69 Å². The second-order valence-electron chi connectivity index (χ2n) is 6.58. The minimum atomic E-state index is -0.237. The maximum absolute atomic E-state index is 6.13. The molecule has 0 amide bonds. The molecule has 1 N–H and O–H groups in total. The molecule has 0 saturated carbocycles. The summed E-state index contributed by atoms with van der Waals surface area (Å²) < 4.78 is 7.80. The topological polar surface area (TPSA) is 64.9 Å². The molecule has 1 saturated heterocycles. The molecule has 2 aromatic heterocycles. The Balaban J connectivity index is 1.90. The maximum Gasteiger partial charge on any atom is 0.178 e. The fraction of sp³-hybridized carbons (Fsp3) is 0.533. The van der Waals surface area contributed by atoms with Crippen molar-refractivity contribution in [3.8, 4) is 5.82 Å². The zero-order valence-corrected chi connectivity index (χ0v) is 12.9. The molecule has 0 radical (unpaired) electrons.